The minimum atomic E-state index is 0.0842. The molecule has 4 nitrogen and oxygen atoms in total. The average Bonchev–Trinajstić information content (AvgIpc) is 3.28. The van der Waals surface area contributed by atoms with E-state index in [0.29, 0.717) is 11.7 Å². The Kier molecular flexibility index (Phi) is 4.61. The summed E-state index contributed by atoms with van der Waals surface area (Å²) in [4.78, 5) is 21.5. The summed E-state index contributed by atoms with van der Waals surface area (Å²) in [6, 6.07) is 9.37. The molecule has 6 heteroatoms. The van der Waals surface area contributed by atoms with Crippen LogP contribution in [0.2, 0.25) is 0 Å². The predicted octanol–water partition coefficient (Wildman–Crippen LogP) is 2.79. The molecule has 0 saturated carbocycles. The summed E-state index contributed by atoms with van der Waals surface area (Å²) >= 11 is 3.14. The summed E-state index contributed by atoms with van der Waals surface area (Å²) in [6.07, 6.45) is 4.28. The van der Waals surface area contributed by atoms with Crippen molar-refractivity contribution in [2.45, 2.75) is 23.2 Å². The van der Waals surface area contributed by atoms with E-state index >= 15 is 0 Å². The Morgan fingerprint density at radius 3 is 2.42 bits per heavy atom. The zero-order valence-corrected chi connectivity index (χ0v) is 15.4. The van der Waals surface area contributed by atoms with Crippen LogP contribution in [0, 0.1) is 0 Å². The fraction of sp³-hybridized carbons (Fsp3) is 0.444. The molecule has 0 radical (unpaired) electrons. The number of rotatable bonds is 3. The monoisotopic (exact) mass is 359 g/mol. The van der Waals surface area contributed by atoms with Crippen molar-refractivity contribution >= 4 is 29.0 Å². The molecule has 1 aromatic heterocycles. The predicted molar refractivity (Wildman–Crippen MR) is 99.0 cm³/mol. The number of thiazole rings is 1. The van der Waals surface area contributed by atoms with Crippen LogP contribution in [0.15, 0.2) is 34.0 Å². The first kappa shape index (κ1) is 16.1. The lowest BCUT2D eigenvalue weighted by Crippen LogP contribution is -2.52. The first-order valence-electron chi connectivity index (χ1n) is 8.34. The van der Waals surface area contributed by atoms with Gasteiger partial charge in [-0.3, -0.25) is 9.69 Å². The van der Waals surface area contributed by atoms with Crippen LogP contribution in [0.3, 0.4) is 0 Å². The molecular weight excluding hydrogens is 338 g/mol. The molecule has 0 N–H and O–H groups in total. The topological polar surface area (TPSA) is 36.4 Å². The van der Waals surface area contributed by atoms with Gasteiger partial charge in [-0.25, -0.2) is 4.98 Å². The van der Waals surface area contributed by atoms with E-state index in [4.69, 9.17) is 0 Å². The quantitative estimate of drug-likeness (QED) is 0.790. The maximum Gasteiger partial charge on any atom is 0.273 e. The number of nitrogens with zero attached hydrogens (tertiary/aromatic N) is 3. The number of thioether (sulfide) groups is 1. The highest BCUT2D eigenvalue weighted by Gasteiger charge is 2.30. The number of piperazine rings is 1. The van der Waals surface area contributed by atoms with Crippen molar-refractivity contribution < 1.29 is 4.79 Å². The summed E-state index contributed by atoms with van der Waals surface area (Å²) < 4.78 is 0.959. The van der Waals surface area contributed by atoms with Crippen molar-refractivity contribution in [2.24, 2.45) is 0 Å². The highest BCUT2D eigenvalue weighted by atomic mass is 32.2. The molecule has 0 unspecified atom stereocenters. The summed E-state index contributed by atoms with van der Waals surface area (Å²) in [5, 5.41) is 1.88. The van der Waals surface area contributed by atoms with E-state index in [-0.39, 0.29) is 5.91 Å². The normalized spacial score (nSPS) is 18.8. The van der Waals surface area contributed by atoms with Crippen LogP contribution in [-0.4, -0.2) is 59.2 Å². The molecule has 2 aliphatic rings. The number of amides is 1. The van der Waals surface area contributed by atoms with Crippen LogP contribution >= 0.6 is 23.1 Å². The van der Waals surface area contributed by atoms with Gasteiger partial charge in [0.25, 0.3) is 5.91 Å². The lowest BCUT2D eigenvalue weighted by Gasteiger charge is -2.37. The van der Waals surface area contributed by atoms with E-state index in [0.717, 1.165) is 43.4 Å². The fourth-order valence-electron chi connectivity index (χ4n) is 3.70. The van der Waals surface area contributed by atoms with Gasteiger partial charge in [-0.1, -0.05) is 36.0 Å². The molecular formula is C18H21N3OS2. The molecule has 1 fully saturated rings. The van der Waals surface area contributed by atoms with Crippen LogP contribution < -0.4 is 0 Å². The van der Waals surface area contributed by atoms with Crippen LogP contribution in [-0.2, 0) is 12.8 Å². The van der Waals surface area contributed by atoms with Gasteiger partial charge in [0.1, 0.15) is 10.0 Å². The molecule has 4 rings (SSSR count). The van der Waals surface area contributed by atoms with E-state index in [1.807, 2.05) is 16.5 Å². The zero-order valence-electron chi connectivity index (χ0n) is 13.8. The number of aromatic nitrogens is 1. The standard InChI is InChI=1S/C18H21N3OS2/c1-23-18-19-16(12-24-18)17(22)21-8-6-20(7-9-21)15-10-13-4-2-3-5-14(13)11-15/h2-5,12,15H,6-11H2,1H3. The first-order chi connectivity index (χ1) is 11.7. The molecule has 1 amide bonds. The molecule has 2 aromatic rings. The first-order valence-corrected chi connectivity index (χ1v) is 10.4. The van der Waals surface area contributed by atoms with E-state index in [9.17, 15) is 4.79 Å². The number of carbonyl (C=O) groups is 1. The molecule has 2 heterocycles. The minimum Gasteiger partial charge on any atom is -0.335 e. The molecule has 0 bridgehead atoms. The third-order valence-corrected chi connectivity index (χ3v) is 6.89. The Hall–Kier alpha value is -1.37. The molecule has 1 aliphatic heterocycles. The molecule has 0 atom stereocenters. The van der Waals surface area contributed by atoms with E-state index in [2.05, 4.69) is 34.1 Å². The SMILES string of the molecule is CSc1nc(C(=O)N2CCN(C3Cc4ccccc4C3)CC2)cs1. The summed E-state index contributed by atoms with van der Waals surface area (Å²) in [7, 11) is 0. The highest BCUT2D eigenvalue weighted by Crippen LogP contribution is 2.26. The second-order valence-electron chi connectivity index (χ2n) is 6.36. The zero-order chi connectivity index (χ0) is 16.5. The van der Waals surface area contributed by atoms with Crippen molar-refractivity contribution in [2.75, 3.05) is 32.4 Å². The Morgan fingerprint density at radius 2 is 1.83 bits per heavy atom. The van der Waals surface area contributed by atoms with Gasteiger partial charge in [-0.2, -0.15) is 0 Å². The Labute approximate surface area is 150 Å². The van der Waals surface area contributed by atoms with Crippen LogP contribution in [0.4, 0.5) is 0 Å². The van der Waals surface area contributed by atoms with Gasteiger partial charge in [-0.15, -0.1) is 11.3 Å². The highest BCUT2D eigenvalue weighted by molar-refractivity contribution is 8.00. The van der Waals surface area contributed by atoms with Crippen LogP contribution in [0.5, 0.6) is 0 Å². The van der Waals surface area contributed by atoms with Crippen LogP contribution in [0.1, 0.15) is 21.6 Å². The van der Waals surface area contributed by atoms with Crippen molar-refractivity contribution in [3.8, 4) is 0 Å². The lowest BCUT2D eigenvalue weighted by molar-refractivity contribution is 0.0571. The van der Waals surface area contributed by atoms with Crippen LogP contribution in [0.25, 0.3) is 0 Å². The lowest BCUT2D eigenvalue weighted by atomic mass is 10.1. The van der Waals surface area contributed by atoms with E-state index in [1.165, 1.54) is 11.1 Å². The number of hydrogen-bond donors (Lipinski definition) is 0. The molecule has 1 aliphatic carbocycles. The third-order valence-electron chi connectivity index (χ3n) is 5.02. The molecule has 24 heavy (non-hydrogen) atoms. The summed E-state index contributed by atoms with van der Waals surface area (Å²) in [5.74, 6) is 0.0842. The van der Waals surface area contributed by atoms with Gasteiger partial charge in [0.05, 0.1) is 0 Å². The summed E-state index contributed by atoms with van der Waals surface area (Å²) in [5.41, 5.74) is 3.59. The maximum absolute atomic E-state index is 12.6. The van der Waals surface area contributed by atoms with Gasteiger partial charge < -0.3 is 4.90 Å². The van der Waals surface area contributed by atoms with Gasteiger partial charge >= 0.3 is 0 Å². The molecule has 0 spiro atoms. The minimum absolute atomic E-state index is 0.0842. The van der Waals surface area contributed by atoms with Gasteiger partial charge in [-0.05, 0) is 30.2 Å². The second kappa shape index (κ2) is 6.86. The van der Waals surface area contributed by atoms with Gasteiger partial charge in [0, 0.05) is 37.6 Å². The largest absolute Gasteiger partial charge is 0.335 e. The number of hydrogen-bond acceptors (Lipinski definition) is 5. The second-order valence-corrected chi connectivity index (χ2v) is 8.27. The van der Waals surface area contributed by atoms with Crippen molar-refractivity contribution in [3.63, 3.8) is 0 Å². The molecule has 1 saturated heterocycles. The Bertz CT molecular complexity index is 712. The number of fused-ring (bicyclic) bond motifs is 1. The fourth-order valence-corrected chi connectivity index (χ4v) is 4.93. The van der Waals surface area contributed by atoms with E-state index in [1.54, 1.807) is 23.1 Å². The Balaban J connectivity index is 1.35. The van der Waals surface area contributed by atoms with E-state index < -0.39 is 0 Å². The Morgan fingerprint density at radius 1 is 1.17 bits per heavy atom. The maximum atomic E-state index is 12.6. The third kappa shape index (κ3) is 3.10. The smallest absolute Gasteiger partial charge is 0.273 e. The molecule has 126 valence electrons. The average molecular weight is 360 g/mol. The number of benzene rings is 1. The van der Waals surface area contributed by atoms with Crippen molar-refractivity contribution in [1.82, 2.24) is 14.8 Å². The number of carbonyl (C=O) groups excluding carboxylic acids is 1. The van der Waals surface area contributed by atoms with Crippen molar-refractivity contribution in [1.29, 1.82) is 0 Å². The molecule has 1 aromatic carbocycles. The van der Waals surface area contributed by atoms with Crippen molar-refractivity contribution in [3.05, 3.63) is 46.5 Å². The van der Waals surface area contributed by atoms with Gasteiger partial charge in [0.15, 0.2) is 0 Å². The van der Waals surface area contributed by atoms with Gasteiger partial charge in [0.2, 0.25) is 0 Å². The summed E-state index contributed by atoms with van der Waals surface area (Å²) in [6.45, 7) is 3.53.